The van der Waals surface area contributed by atoms with E-state index in [1.165, 1.54) is 0 Å². The molecule has 8 heteroatoms. The lowest BCUT2D eigenvalue weighted by Crippen LogP contribution is -2.44. The molecule has 1 saturated heterocycles. The number of aromatic nitrogens is 2. The van der Waals surface area contributed by atoms with E-state index in [1.807, 2.05) is 18.2 Å². The molecule has 7 nitrogen and oxygen atoms in total. The Balaban J connectivity index is 1.44. The molecule has 170 valence electrons. The van der Waals surface area contributed by atoms with Crippen molar-refractivity contribution in [3.63, 3.8) is 0 Å². The zero-order valence-electron chi connectivity index (χ0n) is 18.7. The van der Waals surface area contributed by atoms with Crippen molar-refractivity contribution in [1.82, 2.24) is 19.4 Å². The zero-order chi connectivity index (χ0) is 22.5. The summed E-state index contributed by atoms with van der Waals surface area (Å²) in [6, 6.07) is 12.9. The van der Waals surface area contributed by atoms with Crippen LogP contribution in [0.1, 0.15) is 19.2 Å². The highest BCUT2D eigenvalue weighted by molar-refractivity contribution is 6.30. The van der Waals surface area contributed by atoms with Crippen molar-refractivity contribution in [1.29, 1.82) is 0 Å². The Hall–Kier alpha value is -2.61. The molecule has 1 amide bonds. The number of ether oxygens (including phenoxy) is 1. The van der Waals surface area contributed by atoms with E-state index in [-0.39, 0.29) is 12.5 Å². The van der Waals surface area contributed by atoms with Crippen LogP contribution in [-0.4, -0.2) is 65.1 Å². The third-order valence-electron chi connectivity index (χ3n) is 5.70. The van der Waals surface area contributed by atoms with E-state index in [9.17, 15) is 4.79 Å². The summed E-state index contributed by atoms with van der Waals surface area (Å²) in [5.74, 6) is 1.47. The van der Waals surface area contributed by atoms with E-state index in [1.54, 1.807) is 24.3 Å². The van der Waals surface area contributed by atoms with Crippen LogP contribution in [0.25, 0.3) is 11.0 Å². The standard InChI is InChI=1S/C24H30ClN5O2/c1-3-10-30-22-9-6-19(26-24(31)17-32-20-7-4-18(25)5-8-20)15-21(22)27-23(30)16-29-13-11-28(2)12-14-29/h4-9,15H,3,10-14,16-17H2,1-2H3,(H,26,31). The van der Waals surface area contributed by atoms with Crippen LogP contribution in [0, 0.1) is 0 Å². The lowest BCUT2D eigenvalue weighted by Gasteiger charge is -2.32. The quantitative estimate of drug-likeness (QED) is 0.558. The largest absolute Gasteiger partial charge is 0.484 e. The van der Waals surface area contributed by atoms with Gasteiger partial charge in [0, 0.05) is 43.4 Å². The summed E-state index contributed by atoms with van der Waals surface area (Å²) in [4.78, 5) is 22.1. The van der Waals surface area contributed by atoms with E-state index in [2.05, 4.69) is 33.7 Å². The highest BCUT2D eigenvalue weighted by Crippen LogP contribution is 2.23. The van der Waals surface area contributed by atoms with Crippen molar-refractivity contribution < 1.29 is 9.53 Å². The summed E-state index contributed by atoms with van der Waals surface area (Å²) in [6.07, 6.45) is 1.04. The van der Waals surface area contributed by atoms with Crippen molar-refractivity contribution in [3.05, 3.63) is 53.3 Å². The Morgan fingerprint density at radius 3 is 2.59 bits per heavy atom. The number of hydrogen-bond acceptors (Lipinski definition) is 5. The summed E-state index contributed by atoms with van der Waals surface area (Å²) in [5.41, 5.74) is 2.72. The van der Waals surface area contributed by atoms with Gasteiger partial charge in [-0.25, -0.2) is 4.98 Å². The number of nitrogens with zero attached hydrogens (tertiary/aromatic N) is 4. The van der Waals surface area contributed by atoms with Crippen LogP contribution < -0.4 is 10.1 Å². The van der Waals surface area contributed by atoms with E-state index < -0.39 is 0 Å². The van der Waals surface area contributed by atoms with Gasteiger partial charge in [-0.3, -0.25) is 9.69 Å². The van der Waals surface area contributed by atoms with Gasteiger partial charge in [-0.05, 0) is 55.9 Å². The number of imidazole rings is 1. The van der Waals surface area contributed by atoms with Crippen molar-refractivity contribution in [3.8, 4) is 5.75 Å². The van der Waals surface area contributed by atoms with Gasteiger partial charge in [0.15, 0.2) is 6.61 Å². The van der Waals surface area contributed by atoms with Gasteiger partial charge >= 0.3 is 0 Å². The molecule has 2 heterocycles. The maximum absolute atomic E-state index is 12.4. The van der Waals surface area contributed by atoms with Crippen molar-refractivity contribution in [2.24, 2.45) is 0 Å². The molecule has 0 atom stereocenters. The summed E-state index contributed by atoms with van der Waals surface area (Å²) in [7, 11) is 2.17. The average Bonchev–Trinajstić information content (AvgIpc) is 3.11. The highest BCUT2D eigenvalue weighted by atomic mass is 35.5. The summed E-state index contributed by atoms with van der Waals surface area (Å²) >= 11 is 5.88. The maximum atomic E-state index is 12.4. The first-order valence-electron chi connectivity index (χ1n) is 11.1. The minimum Gasteiger partial charge on any atom is -0.484 e. The second-order valence-corrected chi connectivity index (χ2v) is 8.69. The Morgan fingerprint density at radius 1 is 1.12 bits per heavy atom. The summed E-state index contributed by atoms with van der Waals surface area (Å²) in [6.45, 7) is 8.17. The number of aryl methyl sites for hydroxylation is 1. The molecule has 1 aromatic heterocycles. The first-order valence-corrected chi connectivity index (χ1v) is 11.5. The molecule has 4 rings (SSSR count). The first-order chi connectivity index (χ1) is 15.5. The first kappa shape index (κ1) is 22.6. The van der Waals surface area contributed by atoms with Crippen molar-refractivity contribution in [2.75, 3.05) is 45.2 Å². The molecule has 2 aromatic carbocycles. The molecule has 0 spiro atoms. The van der Waals surface area contributed by atoms with E-state index in [4.69, 9.17) is 21.3 Å². The second kappa shape index (κ2) is 10.3. The molecule has 0 radical (unpaired) electrons. The number of hydrogen-bond donors (Lipinski definition) is 1. The molecule has 1 aliphatic heterocycles. The van der Waals surface area contributed by atoms with Crippen LogP contribution in [0.5, 0.6) is 5.75 Å². The third-order valence-corrected chi connectivity index (χ3v) is 5.95. The number of piperazine rings is 1. The van der Waals surface area contributed by atoms with E-state index in [0.29, 0.717) is 10.8 Å². The summed E-state index contributed by atoms with van der Waals surface area (Å²) < 4.78 is 7.84. The Bertz CT molecular complexity index is 1060. The van der Waals surface area contributed by atoms with Gasteiger partial charge in [0.2, 0.25) is 0 Å². The molecule has 0 saturated carbocycles. The number of carbonyl (C=O) groups is 1. The van der Waals surface area contributed by atoms with Gasteiger partial charge in [-0.1, -0.05) is 18.5 Å². The smallest absolute Gasteiger partial charge is 0.262 e. The molecule has 3 aromatic rings. The van der Waals surface area contributed by atoms with Crippen LogP contribution in [0.4, 0.5) is 5.69 Å². The van der Waals surface area contributed by atoms with Gasteiger partial charge in [0.1, 0.15) is 11.6 Å². The Labute approximate surface area is 193 Å². The number of amides is 1. The number of likely N-dealkylation sites (N-methyl/N-ethyl adjacent to an activating group) is 1. The predicted molar refractivity (Wildman–Crippen MR) is 128 cm³/mol. The number of benzene rings is 2. The normalized spacial score (nSPS) is 15.2. The lowest BCUT2D eigenvalue weighted by atomic mass is 10.2. The van der Waals surface area contributed by atoms with Crippen LogP contribution >= 0.6 is 11.6 Å². The van der Waals surface area contributed by atoms with Gasteiger partial charge in [0.25, 0.3) is 5.91 Å². The number of rotatable bonds is 8. The van der Waals surface area contributed by atoms with E-state index >= 15 is 0 Å². The lowest BCUT2D eigenvalue weighted by molar-refractivity contribution is -0.118. The van der Waals surface area contributed by atoms with Gasteiger partial charge in [-0.15, -0.1) is 0 Å². The maximum Gasteiger partial charge on any atom is 0.262 e. The van der Waals surface area contributed by atoms with Crippen LogP contribution in [0.2, 0.25) is 5.02 Å². The number of fused-ring (bicyclic) bond motifs is 1. The molecule has 32 heavy (non-hydrogen) atoms. The van der Waals surface area contributed by atoms with Crippen LogP contribution in [0.15, 0.2) is 42.5 Å². The molecule has 0 bridgehead atoms. The molecule has 1 fully saturated rings. The van der Waals surface area contributed by atoms with Crippen molar-refractivity contribution >= 4 is 34.2 Å². The SMILES string of the molecule is CCCn1c(CN2CCN(C)CC2)nc2cc(NC(=O)COc3ccc(Cl)cc3)ccc21. The average molecular weight is 456 g/mol. The molecule has 1 N–H and O–H groups in total. The molecular weight excluding hydrogens is 426 g/mol. The minimum absolute atomic E-state index is 0.0708. The summed E-state index contributed by atoms with van der Waals surface area (Å²) in [5, 5.41) is 3.54. The van der Waals surface area contributed by atoms with Crippen LogP contribution in [0.3, 0.4) is 0 Å². The molecule has 0 unspecified atom stereocenters. The second-order valence-electron chi connectivity index (χ2n) is 8.25. The number of anilines is 1. The fraction of sp³-hybridized carbons (Fsp3) is 0.417. The Morgan fingerprint density at radius 2 is 1.88 bits per heavy atom. The monoisotopic (exact) mass is 455 g/mol. The molecule has 0 aliphatic carbocycles. The highest BCUT2D eigenvalue weighted by Gasteiger charge is 2.18. The molecule has 1 aliphatic rings. The van der Waals surface area contributed by atoms with Gasteiger partial charge < -0.3 is 19.5 Å². The zero-order valence-corrected chi connectivity index (χ0v) is 19.4. The minimum atomic E-state index is -0.218. The Kier molecular flexibility index (Phi) is 7.29. The fourth-order valence-corrected chi connectivity index (χ4v) is 4.06. The third kappa shape index (κ3) is 5.59. The number of halogens is 1. The van der Waals surface area contributed by atoms with Crippen LogP contribution in [-0.2, 0) is 17.9 Å². The van der Waals surface area contributed by atoms with Gasteiger partial charge in [-0.2, -0.15) is 0 Å². The van der Waals surface area contributed by atoms with Crippen molar-refractivity contribution in [2.45, 2.75) is 26.4 Å². The van der Waals surface area contributed by atoms with Gasteiger partial charge in [0.05, 0.1) is 17.6 Å². The van der Waals surface area contributed by atoms with E-state index in [0.717, 1.165) is 68.2 Å². The fourth-order valence-electron chi connectivity index (χ4n) is 3.93. The number of nitrogens with one attached hydrogen (secondary N) is 1. The number of carbonyl (C=O) groups excluding carboxylic acids is 1. The predicted octanol–water partition coefficient (Wildman–Crippen LogP) is 3.86. The molecular formula is C24H30ClN5O2. The topological polar surface area (TPSA) is 62.6 Å².